The predicted octanol–water partition coefficient (Wildman–Crippen LogP) is 2.26. The van der Waals surface area contributed by atoms with Gasteiger partial charge in [0, 0.05) is 6.42 Å². The standard InChI is InChI=1S/C13H23NO2/c1-2-9-16-13(15)8-7-11-3-5-12(10-14)6-4-11/h2,11-12H,1,3-10,14H2. The molecule has 3 heteroatoms. The summed E-state index contributed by atoms with van der Waals surface area (Å²) in [5.74, 6) is 1.31. The van der Waals surface area contributed by atoms with Crippen LogP contribution >= 0.6 is 0 Å². The van der Waals surface area contributed by atoms with Crippen molar-refractivity contribution in [2.24, 2.45) is 17.6 Å². The van der Waals surface area contributed by atoms with E-state index >= 15 is 0 Å². The molecule has 1 aliphatic carbocycles. The van der Waals surface area contributed by atoms with E-state index in [4.69, 9.17) is 10.5 Å². The lowest BCUT2D eigenvalue weighted by Gasteiger charge is -2.27. The van der Waals surface area contributed by atoms with Crippen molar-refractivity contribution >= 4 is 5.97 Å². The molecule has 0 radical (unpaired) electrons. The van der Waals surface area contributed by atoms with E-state index in [1.165, 1.54) is 25.7 Å². The van der Waals surface area contributed by atoms with Crippen LogP contribution in [-0.4, -0.2) is 19.1 Å². The van der Waals surface area contributed by atoms with E-state index in [9.17, 15) is 4.79 Å². The summed E-state index contributed by atoms with van der Waals surface area (Å²) < 4.78 is 4.95. The minimum absolute atomic E-state index is 0.0964. The summed E-state index contributed by atoms with van der Waals surface area (Å²) in [6.45, 7) is 4.66. The fourth-order valence-electron chi connectivity index (χ4n) is 2.30. The number of carbonyl (C=O) groups excluding carboxylic acids is 1. The summed E-state index contributed by atoms with van der Waals surface area (Å²) in [6, 6.07) is 0. The molecule has 0 amide bonds. The van der Waals surface area contributed by atoms with E-state index in [0.29, 0.717) is 24.9 Å². The second-order valence-corrected chi connectivity index (χ2v) is 4.63. The molecular formula is C13H23NO2. The van der Waals surface area contributed by atoms with Crippen LogP contribution in [0.25, 0.3) is 0 Å². The summed E-state index contributed by atoms with van der Waals surface area (Å²) in [5, 5.41) is 0. The van der Waals surface area contributed by atoms with Gasteiger partial charge in [-0.05, 0) is 37.6 Å². The second kappa shape index (κ2) is 7.44. The molecule has 0 atom stereocenters. The number of rotatable bonds is 6. The molecule has 1 aliphatic rings. The lowest BCUT2D eigenvalue weighted by molar-refractivity contribution is -0.142. The van der Waals surface area contributed by atoms with Crippen molar-refractivity contribution in [2.75, 3.05) is 13.2 Å². The molecule has 0 aromatic carbocycles. The summed E-state index contributed by atoms with van der Waals surface area (Å²) in [5.41, 5.74) is 5.64. The molecular weight excluding hydrogens is 202 g/mol. The highest BCUT2D eigenvalue weighted by molar-refractivity contribution is 5.69. The van der Waals surface area contributed by atoms with Crippen molar-refractivity contribution in [1.82, 2.24) is 0 Å². The molecule has 1 fully saturated rings. The molecule has 3 nitrogen and oxygen atoms in total. The Bertz CT molecular complexity index is 220. The Morgan fingerprint density at radius 1 is 1.31 bits per heavy atom. The molecule has 16 heavy (non-hydrogen) atoms. The van der Waals surface area contributed by atoms with Gasteiger partial charge >= 0.3 is 5.97 Å². The van der Waals surface area contributed by atoms with Gasteiger partial charge in [-0.2, -0.15) is 0 Å². The average Bonchev–Trinajstić information content (AvgIpc) is 2.34. The van der Waals surface area contributed by atoms with Gasteiger partial charge in [0.1, 0.15) is 6.61 Å². The molecule has 1 rings (SSSR count). The molecule has 0 aliphatic heterocycles. The molecule has 0 bridgehead atoms. The van der Waals surface area contributed by atoms with Gasteiger partial charge in [-0.3, -0.25) is 4.79 Å². The third kappa shape index (κ3) is 4.79. The Kier molecular flexibility index (Phi) is 6.16. The number of hydrogen-bond donors (Lipinski definition) is 1. The van der Waals surface area contributed by atoms with Crippen LogP contribution in [0.5, 0.6) is 0 Å². The Hall–Kier alpha value is -0.830. The zero-order valence-electron chi connectivity index (χ0n) is 9.99. The largest absolute Gasteiger partial charge is 0.461 e. The summed E-state index contributed by atoms with van der Waals surface area (Å²) in [7, 11) is 0. The number of esters is 1. The molecule has 0 unspecified atom stereocenters. The third-order valence-corrected chi connectivity index (χ3v) is 3.42. The zero-order chi connectivity index (χ0) is 11.8. The highest BCUT2D eigenvalue weighted by atomic mass is 16.5. The van der Waals surface area contributed by atoms with Gasteiger partial charge in [-0.15, -0.1) is 0 Å². The number of nitrogens with two attached hydrogens (primary N) is 1. The van der Waals surface area contributed by atoms with Crippen LogP contribution in [0.4, 0.5) is 0 Å². The Labute approximate surface area is 98.0 Å². The van der Waals surface area contributed by atoms with Gasteiger partial charge in [0.25, 0.3) is 0 Å². The van der Waals surface area contributed by atoms with Gasteiger partial charge in [0.2, 0.25) is 0 Å². The average molecular weight is 225 g/mol. The highest BCUT2D eigenvalue weighted by Crippen LogP contribution is 2.30. The van der Waals surface area contributed by atoms with E-state index in [0.717, 1.165) is 13.0 Å². The number of ether oxygens (including phenoxy) is 1. The first-order chi connectivity index (χ1) is 7.76. The SMILES string of the molecule is C=CCOC(=O)CCC1CCC(CN)CC1. The zero-order valence-corrected chi connectivity index (χ0v) is 9.99. The highest BCUT2D eigenvalue weighted by Gasteiger charge is 2.20. The maximum Gasteiger partial charge on any atom is 0.306 e. The van der Waals surface area contributed by atoms with E-state index in [1.54, 1.807) is 6.08 Å². The van der Waals surface area contributed by atoms with Crippen LogP contribution in [0, 0.1) is 11.8 Å². The Morgan fingerprint density at radius 2 is 1.94 bits per heavy atom. The number of carbonyl (C=O) groups is 1. The van der Waals surface area contributed by atoms with Gasteiger partial charge in [-0.25, -0.2) is 0 Å². The first-order valence-electron chi connectivity index (χ1n) is 6.22. The topological polar surface area (TPSA) is 52.3 Å². The first-order valence-corrected chi connectivity index (χ1v) is 6.22. The van der Waals surface area contributed by atoms with Crippen molar-refractivity contribution in [3.8, 4) is 0 Å². The van der Waals surface area contributed by atoms with E-state index < -0.39 is 0 Å². The molecule has 0 aromatic rings. The quantitative estimate of drug-likeness (QED) is 0.557. The summed E-state index contributed by atoms with van der Waals surface area (Å²) >= 11 is 0. The molecule has 0 aromatic heterocycles. The monoisotopic (exact) mass is 225 g/mol. The third-order valence-electron chi connectivity index (χ3n) is 3.42. The fraction of sp³-hybridized carbons (Fsp3) is 0.769. The molecule has 92 valence electrons. The minimum atomic E-state index is -0.0964. The van der Waals surface area contributed by atoms with E-state index in [1.807, 2.05) is 0 Å². The van der Waals surface area contributed by atoms with Gasteiger partial charge < -0.3 is 10.5 Å². The minimum Gasteiger partial charge on any atom is -0.461 e. The van der Waals surface area contributed by atoms with Crippen molar-refractivity contribution < 1.29 is 9.53 Å². The van der Waals surface area contributed by atoms with Crippen LogP contribution in [-0.2, 0) is 9.53 Å². The summed E-state index contributed by atoms with van der Waals surface area (Å²) in [4.78, 5) is 11.3. The van der Waals surface area contributed by atoms with Gasteiger partial charge in [0.15, 0.2) is 0 Å². The maximum atomic E-state index is 11.3. The first kappa shape index (κ1) is 13.2. The normalized spacial score (nSPS) is 25.1. The van der Waals surface area contributed by atoms with Crippen LogP contribution in [0.2, 0.25) is 0 Å². The molecule has 2 N–H and O–H groups in total. The lowest BCUT2D eigenvalue weighted by atomic mass is 9.80. The van der Waals surface area contributed by atoms with Gasteiger partial charge in [0.05, 0.1) is 0 Å². The molecule has 1 saturated carbocycles. The Morgan fingerprint density at radius 3 is 2.50 bits per heavy atom. The van der Waals surface area contributed by atoms with Crippen molar-refractivity contribution in [3.63, 3.8) is 0 Å². The van der Waals surface area contributed by atoms with Crippen molar-refractivity contribution in [3.05, 3.63) is 12.7 Å². The van der Waals surface area contributed by atoms with E-state index in [-0.39, 0.29) is 5.97 Å². The predicted molar refractivity (Wildman–Crippen MR) is 64.9 cm³/mol. The lowest BCUT2D eigenvalue weighted by Crippen LogP contribution is -2.21. The second-order valence-electron chi connectivity index (χ2n) is 4.63. The van der Waals surface area contributed by atoms with E-state index in [2.05, 4.69) is 6.58 Å². The van der Waals surface area contributed by atoms with Crippen LogP contribution in [0.3, 0.4) is 0 Å². The molecule has 0 saturated heterocycles. The molecule has 0 heterocycles. The van der Waals surface area contributed by atoms with Crippen LogP contribution in [0.15, 0.2) is 12.7 Å². The number of hydrogen-bond acceptors (Lipinski definition) is 3. The van der Waals surface area contributed by atoms with Crippen LogP contribution < -0.4 is 5.73 Å². The Balaban J connectivity index is 2.10. The van der Waals surface area contributed by atoms with Gasteiger partial charge in [-0.1, -0.05) is 25.5 Å². The molecule has 0 spiro atoms. The summed E-state index contributed by atoms with van der Waals surface area (Å²) in [6.07, 6.45) is 8.00. The van der Waals surface area contributed by atoms with Crippen LogP contribution in [0.1, 0.15) is 38.5 Å². The van der Waals surface area contributed by atoms with Crippen molar-refractivity contribution in [2.45, 2.75) is 38.5 Å². The fourth-order valence-corrected chi connectivity index (χ4v) is 2.30. The smallest absolute Gasteiger partial charge is 0.306 e. The maximum absolute atomic E-state index is 11.3. The van der Waals surface area contributed by atoms with Crippen molar-refractivity contribution in [1.29, 1.82) is 0 Å².